The van der Waals surface area contributed by atoms with E-state index in [1.807, 2.05) is 35.2 Å². The normalized spacial score (nSPS) is 14.2. The molecule has 1 heterocycles. The van der Waals surface area contributed by atoms with Crippen LogP contribution in [0.1, 0.15) is 19.4 Å². The van der Waals surface area contributed by atoms with Gasteiger partial charge in [0.25, 0.3) is 0 Å². The van der Waals surface area contributed by atoms with Gasteiger partial charge in [0.2, 0.25) is 0 Å². The van der Waals surface area contributed by atoms with Crippen molar-refractivity contribution in [3.63, 3.8) is 0 Å². The van der Waals surface area contributed by atoms with Crippen molar-refractivity contribution in [1.29, 1.82) is 0 Å². The number of para-hydroxylation sites is 1. The molecule has 21 heavy (non-hydrogen) atoms. The fourth-order valence-electron chi connectivity index (χ4n) is 2.52. The van der Waals surface area contributed by atoms with Crippen molar-refractivity contribution < 1.29 is 4.39 Å². The second kappa shape index (κ2) is 5.17. The summed E-state index contributed by atoms with van der Waals surface area (Å²) in [4.78, 5) is 6.72. The number of anilines is 1. The van der Waals surface area contributed by atoms with E-state index >= 15 is 0 Å². The van der Waals surface area contributed by atoms with Crippen molar-refractivity contribution in [3.05, 3.63) is 66.5 Å². The molecule has 0 bridgehead atoms. The molecule has 0 saturated carbocycles. The lowest BCUT2D eigenvalue weighted by molar-refractivity contribution is 0.627. The smallest absolute Gasteiger partial charge is 0.124 e. The third-order valence-corrected chi connectivity index (χ3v) is 3.53. The monoisotopic (exact) mass is 280 g/mol. The summed E-state index contributed by atoms with van der Waals surface area (Å²) in [6.45, 7) is 8.35. The summed E-state index contributed by atoms with van der Waals surface area (Å²) in [5, 5.41) is 0. The predicted molar refractivity (Wildman–Crippen MR) is 86.3 cm³/mol. The van der Waals surface area contributed by atoms with Crippen LogP contribution in [0.4, 0.5) is 15.8 Å². The Bertz CT molecular complexity index is 717. The van der Waals surface area contributed by atoms with Gasteiger partial charge < -0.3 is 0 Å². The topological polar surface area (TPSA) is 15.6 Å². The van der Waals surface area contributed by atoms with Gasteiger partial charge in [-0.25, -0.2) is 9.38 Å². The summed E-state index contributed by atoms with van der Waals surface area (Å²) in [6, 6.07) is 14.6. The Hall–Kier alpha value is -2.42. The van der Waals surface area contributed by atoms with Gasteiger partial charge in [-0.2, -0.15) is 0 Å². The average molecular weight is 280 g/mol. The molecule has 3 rings (SSSR count). The highest BCUT2D eigenvalue weighted by Crippen LogP contribution is 2.37. The van der Waals surface area contributed by atoms with Crippen LogP contribution in [0.15, 0.2) is 60.1 Å². The van der Waals surface area contributed by atoms with E-state index in [0.29, 0.717) is 0 Å². The highest BCUT2D eigenvalue weighted by atomic mass is 19.1. The van der Waals surface area contributed by atoms with E-state index in [-0.39, 0.29) is 11.7 Å². The second-order valence-electron chi connectivity index (χ2n) is 5.40. The lowest BCUT2D eigenvalue weighted by Gasteiger charge is -2.34. The molecule has 0 unspecified atom stereocenters. The number of benzene rings is 2. The van der Waals surface area contributed by atoms with Gasteiger partial charge in [-0.1, -0.05) is 38.6 Å². The standard InChI is InChI=1S/C18H17FN2/c1-12(2)18-20-17-10-9-14(19)11-16(17)13(3)21(18)15-7-5-4-6-8-15/h4-12H,3H2,1-2H3. The molecule has 0 atom stereocenters. The van der Waals surface area contributed by atoms with Gasteiger partial charge in [-0.15, -0.1) is 0 Å². The first kappa shape index (κ1) is 13.6. The fourth-order valence-corrected chi connectivity index (χ4v) is 2.52. The molecule has 2 nitrogen and oxygen atoms in total. The summed E-state index contributed by atoms with van der Waals surface area (Å²) in [5.41, 5.74) is 3.26. The second-order valence-corrected chi connectivity index (χ2v) is 5.40. The maximum absolute atomic E-state index is 13.5. The van der Waals surface area contributed by atoms with Gasteiger partial charge in [0.15, 0.2) is 0 Å². The SMILES string of the molecule is C=C1c2cc(F)ccc2N=C(C(C)C)N1c1ccccc1. The molecule has 0 spiro atoms. The van der Waals surface area contributed by atoms with Crippen LogP contribution in [-0.2, 0) is 0 Å². The molecular weight excluding hydrogens is 263 g/mol. The van der Waals surface area contributed by atoms with Gasteiger partial charge in [-0.3, -0.25) is 4.90 Å². The number of fused-ring (bicyclic) bond motifs is 1. The number of hydrogen-bond acceptors (Lipinski definition) is 2. The van der Waals surface area contributed by atoms with E-state index in [1.54, 1.807) is 6.07 Å². The Labute approximate surface area is 124 Å². The largest absolute Gasteiger partial charge is 0.298 e. The third kappa shape index (κ3) is 2.35. The molecule has 2 aromatic carbocycles. The first-order valence-corrected chi connectivity index (χ1v) is 7.00. The Morgan fingerprint density at radius 3 is 2.48 bits per heavy atom. The number of aliphatic imine (C=N–C) groups is 1. The molecule has 2 aromatic rings. The maximum Gasteiger partial charge on any atom is 0.124 e. The Kier molecular flexibility index (Phi) is 3.34. The fraction of sp³-hybridized carbons (Fsp3) is 0.167. The van der Waals surface area contributed by atoms with E-state index in [1.165, 1.54) is 12.1 Å². The molecule has 0 N–H and O–H groups in total. The van der Waals surface area contributed by atoms with Crippen molar-refractivity contribution in [2.45, 2.75) is 13.8 Å². The zero-order valence-electron chi connectivity index (χ0n) is 12.2. The van der Waals surface area contributed by atoms with Crippen molar-refractivity contribution >= 4 is 22.9 Å². The average Bonchev–Trinajstić information content (AvgIpc) is 2.48. The zero-order valence-corrected chi connectivity index (χ0v) is 12.2. The molecule has 3 heteroatoms. The molecule has 1 aliphatic rings. The van der Waals surface area contributed by atoms with Crippen LogP contribution in [0.25, 0.3) is 5.70 Å². The van der Waals surface area contributed by atoms with Crippen LogP contribution < -0.4 is 4.90 Å². The van der Waals surface area contributed by atoms with Crippen LogP contribution in [0.2, 0.25) is 0 Å². The number of amidine groups is 1. The minimum absolute atomic E-state index is 0.236. The molecule has 0 aliphatic carbocycles. The number of hydrogen-bond donors (Lipinski definition) is 0. The minimum Gasteiger partial charge on any atom is -0.298 e. The molecular formula is C18H17FN2. The molecule has 0 fully saturated rings. The number of rotatable bonds is 2. The Balaban J connectivity index is 2.19. The molecule has 0 aromatic heterocycles. The summed E-state index contributed by atoms with van der Waals surface area (Å²) in [6.07, 6.45) is 0. The van der Waals surface area contributed by atoms with Crippen LogP contribution >= 0.6 is 0 Å². The molecule has 0 radical (unpaired) electrons. The van der Waals surface area contributed by atoms with Crippen LogP contribution in [0.3, 0.4) is 0 Å². The van der Waals surface area contributed by atoms with Gasteiger partial charge in [0.1, 0.15) is 11.7 Å². The Morgan fingerprint density at radius 1 is 1.10 bits per heavy atom. The van der Waals surface area contributed by atoms with E-state index in [4.69, 9.17) is 4.99 Å². The number of halogens is 1. The van der Waals surface area contributed by atoms with Crippen molar-refractivity contribution in [2.75, 3.05) is 4.90 Å². The van der Waals surface area contributed by atoms with Crippen LogP contribution in [-0.4, -0.2) is 5.84 Å². The lowest BCUT2D eigenvalue weighted by atomic mass is 10.0. The van der Waals surface area contributed by atoms with Crippen LogP contribution in [0, 0.1) is 11.7 Å². The molecule has 106 valence electrons. The van der Waals surface area contributed by atoms with Gasteiger partial charge in [0, 0.05) is 22.9 Å². The molecule has 0 saturated heterocycles. The highest BCUT2D eigenvalue weighted by molar-refractivity contribution is 6.13. The van der Waals surface area contributed by atoms with Gasteiger partial charge in [0.05, 0.1) is 5.69 Å². The van der Waals surface area contributed by atoms with Crippen molar-refractivity contribution in [1.82, 2.24) is 0 Å². The summed E-state index contributed by atoms with van der Waals surface area (Å²) < 4.78 is 13.5. The number of nitrogens with zero attached hydrogens (tertiary/aromatic N) is 2. The third-order valence-electron chi connectivity index (χ3n) is 3.53. The molecule has 1 aliphatic heterocycles. The molecule has 0 amide bonds. The summed E-state index contributed by atoms with van der Waals surface area (Å²) in [5.74, 6) is 0.886. The van der Waals surface area contributed by atoms with Crippen molar-refractivity contribution in [3.8, 4) is 0 Å². The van der Waals surface area contributed by atoms with Gasteiger partial charge in [-0.05, 0) is 30.3 Å². The van der Waals surface area contributed by atoms with Gasteiger partial charge >= 0.3 is 0 Å². The van der Waals surface area contributed by atoms with E-state index in [2.05, 4.69) is 20.4 Å². The highest BCUT2D eigenvalue weighted by Gasteiger charge is 2.26. The zero-order chi connectivity index (χ0) is 15.0. The van der Waals surface area contributed by atoms with Crippen LogP contribution in [0.5, 0.6) is 0 Å². The van der Waals surface area contributed by atoms with E-state index in [9.17, 15) is 4.39 Å². The predicted octanol–water partition coefficient (Wildman–Crippen LogP) is 5.00. The maximum atomic E-state index is 13.5. The minimum atomic E-state index is -0.272. The first-order valence-electron chi connectivity index (χ1n) is 7.00. The first-order chi connectivity index (χ1) is 10.1. The van der Waals surface area contributed by atoms with Crippen molar-refractivity contribution in [2.24, 2.45) is 10.9 Å². The summed E-state index contributed by atoms with van der Waals surface area (Å²) in [7, 11) is 0. The van der Waals surface area contributed by atoms with E-state index < -0.39 is 0 Å². The van der Waals surface area contributed by atoms with E-state index in [0.717, 1.165) is 28.5 Å². The lowest BCUT2D eigenvalue weighted by Crippen LogP contribution is -2.34. The summed E-state index contributed by atoms with van der Waals surface area (Å²) >= 11 is 0. The quantitative estimate of drug-likeness (QED) is 0.755. The Morgan fingerprint density at radius 2 is 1.81 bits per heavy atom.